The highest BCUT2D eigenvalue weighted by Gasteiger charge is 2.94. The second-order valence-corrected chi connectivity index (χ2v) is 5.29. The maximum absolute atomic E-state index is 13.3. The molecule has 0 aromatic carbocycles. The fourth-order valence-corrected chi connectivity index (χ4v) is 1.41. The zero-order valence-corrected chi connectivity index (χ0v) is 13.6. The van der Waals surface area contributed by atoms with Gasteiger partial charge < -0.3 is 4.74 Å². The lowest BCUT2D eigenvalue weighted by Crippen LogP contribution is -2.74. The molecule has 0 atom stereocenters. The van der Waals surface area contributed by atoms with Gasteiger partial charge in [0.2, 0.25) is 0 Å². The quantitative estimate of drug-likeness (QED) is 0.189. The van der Waals surface area contributed by atoms with Gasteiger partial charge in [0, 0.05) is 0 Å². The molecule has 0 aliphatic rings. The van der Waals surface area contributed by atoms with E-state index in [4.69, 9.17) is 5.26 Å². The Kier molecular flexibility index (Phi) is 7.02. The van der Waals surface area contributed by atoms with E-state index < -0.39 is 59.6 Å². The van der Waals surface area contributed by atoms with Gasteiger partial charge in [-0.05, 0) is 0 Å². The van der Waals surface area contributed by atoms with Gasteiger partial charge in [0.1, 0.15) is 11.6 Å². The fourth-order valence-electron chi connectivity index (χ4n) is 1.41. The van der Waals surface area contributed by atoms with Crippen LogP contribution in [-0.4, -0.2) is 54.0 Å². The average molecular weight is 497 g/mol. The van der Waals surface area contributed by atoms with E-state index in [1.165, 1.54) is 0 Å². The molecule has 0 saturated carbocycles. The summed E-state index contributed by atoms with van der Waals surface area (Å²) in [6.45, 7) is 2.24. The normalized spacial score (nSPS) is 15.0. The van der Waals surface area contributed by atoms with E-state index in [1.807, 2.05) is 0 Å². The third-order valence-electron chi connectivity index (χ3n) is 3.24. The molecule has 0 rings (SSSR count). The summed E-state index contributed by atoms with van der Waals surface area (Å²) in [5.74, 6) is -52.4. The zero-order valence-electron chi connectivity index (χ0n) is 13.6. The Morgan fingerprint density at radius 3 is 1.35 bits per heavy atom. The Balaban J connectivity index is 6.59. The van der Waals surface area contributed by atoms with E-state index in [0.29, 0.717) is 6.07 Å². The highest BCUT2D eigenvalue weighted by atomic mass is 19.4. The molecule has 0 aliphatic heterocycles. The van der Waals surface area contributed by atoms with Crippen molar-refractivity contribution in [2.24, 2.45) is 0 Å². The van der Waals surface area contributed by atoms with E-state index in [9.17, 15) is 75.0 Å². The van der Waals surface area contributed by atoms with Crippen LogP contribution in [0.25, 0.3) is 0 Å². The number of carbonyl (C=O) groups excluding carboxylic acids is 1. The van der Waals surface area contributed by atoms with Crippen molar-refractivity contribution in [3.05, 3.63) is 12.2 Å². The summed E-state index contributed by atoms with van der Waals surface area (Å²) in [5.41, 5.74) is -1.86. The maximum atomic E-state index is 13.3. The van der Waals surface area contributed by atoms with E-state index in [-0.39, 0.29) is 0 Å². The largest absolute Gasteiger partial charge is 0.473 e. The Morgan fingerprint density at radius 1 is 0.710 bits per heavy atom. The Morgan fingerprint density at radius 2 is 1.03 bits per heavy atom. The summed E-state index contributed by atoms with van der Waals surface area (Å²) in [6.07, 6.45) is -13.2. The number of rotatable bonds is 9. The van der Waals surface area contributed by atoms with Crippen molar-refractivity contribution in [1.29, 1.82) is 5.26 Å². The molecule has 0 aliphatic carbocycles. The first-order valence-electron chi connectivity index (χ1n) is 6.56. The maximum Gasteiger partial charge on any atom is 0.473 e. The van der Waals surface area contributed by atoms with Crippen molar-refractivity contribution in [1.82, 2.24) is 0 Å². The van der Waals surface area contributed by atoms with Crippen molar-refractivity contribution in [3.8, 4) is 6.07 Å². The van der Waals surface area contributed by atoms with Gasteiger partial charge in [0.15, 0.2) is 0 Å². The first-order chi connectivity index (χ1) is 13.3. The van der Waals surface area contributed by atoms with E-state index in [0.717, 1.165) is 0 Å². The second kappa shape index (κ2) is 7.62. The zero-order chi connectivity index (χ0) is 25.6. The number of hydrogen-bond donors (Lipinski definition) is 0. The van der Waals surface area contributed by atoms with Gasteiger partial charge in [-0.15, -0.1) is 0 Å². The van der Waals surface area contributed by atoms with Gasteiger partial charge in [-0.1, -0.05) is 6.58 Å². The molecule has 0 aromatic heterocycles. The first-order valence-corrected chi connectivity index (χ1v) is 6.56. The number of halogens is 16. The van der Waals surface area contributed by atoms with E-state index in [2.05, 4.69) is 11.3 Å². The molecule has 0 radical (unpaired) electrons. The molecule has 0 unspecified atom stereocenters. The topological polar surface area (TPSA) is 50.1 Å². The standard InChI is InChI=1S/C12H3F16NO2/c1-3(2-29)4(30)31-12(27,28)11(25,26)10(23,24)9(21,22)8(19,20)7(17,18)6(15,16)5(13)14/h5H,1H2. The van der Waals surface area contributed by atoms with Crippen molar-refractivity contribution in [2.45, 2.75) is 48.1 Å². The number of nitriles is 1. The van der Waals surface area contributed by atoms with Crippen LogP contribution in [0.3, 0.4) is 0 Å². The fraction of sp³-hybridized carbons (Fsp3) is 0.667. The van der Waals surface area contributed by atoms with Gasteiger partial charge in [-0.3, -0.25) is 0 Å². The van der Waals surface area contributed by atoms with Crippen LogP contribution in [0.4, 0.5) is 70.2 Å². The predicted octanol–water partition coefficient (Wildman–Crippen LogP) is 5.28. The van der Waals surface area contributed by atoms with Crippen LogP contribution in [0, 0.1) is 11.3 Å². The summed E-state index contributed by atoms with van der Waals surface area (Å²) >= 11 is 0. The number of hydrogen-bond acceptors (Lipinski definition) is 3. The molecular weight excluding hydrogens is 494 g/mol. The smallest absolute Gasteiger partial charge is 0.392 e. The van der Waals surface area contributed by atoms with Crippen molar-refractivity contribution in [2.75, 3.05) is 0 Å². The molecule has 3 nitrogen and oxygen atoms in total. The van der Waals surface area contributed by atoms with Gasteiger partial charge in [0.25, 0.3) is 0 Å². The summed E-state index contributed by atoms with van der Waals surface area (Å²) in [6, 6.07) is 0.523. The minimum Gasteiger partial charge on any atom is -0.392 e. The summed E-state index contributed by atoms with van der Waals surface area (Å²) < 4.78 is 209. The summed E-state index contributed by atoms with van der Waals surface area (Å²) in [7, 11) is 0. The Labute approximate surface area is 158 Å². The molecule has 0 amide bonds. The van der Waals surface area contributed by atoms with Crippen LogP contribution in [0.15, 0.2) is 12.2 Å². The van der Waals surface area contributed by atoms with Crippen LogP contribution in [0.1, 0.15) is 0 Å². The lowest BCUT2D eigenvalue weighted by atomic mass is 9.91. The molecule has 0 bridgehead atoms. The van der Waals surface area contributed by atoms with Gasteiger partial charge in [0.05, 0.1) is 0 Å². The highest BCUT2D eigenvalue weighted by Crippen LogP contribution is 2.62. The van der Waals surface area contributed by atoms with Crippen LogP contribution < -0.4 is 0 Å². The highest BCUT2D eigenvalue weighted by molar-refractivity contribution is 5.92. The lowest BCUT2D eigenvalue weighted by molar-refractivity contribution is -0.464. The molecule has 0 heterocycles. The van der Waals surface area contributed by atoms with E-state index in [1.54, 1.807) is 0 Å². The Hall–Kier alpha value is -2.42. The summed E-state index contributed by atoms with van der Waals surface area (Å²) in [5, 5.41) is 8.05. The van der Waals surface area contributed by atoms with Gasteiger partial charge in [-0.2, -0.15) is 66.7 Å². The molecule has 31 heavy (non-hydrogen) atoms. The van der Waals surface area contributed by atoms with Crippen LogP contribution in [-0.2, 0) is 9.53 Å². The second-order valence-electron chi connectivity index (χ2n) is 5.29. The molecular formula is C12H3F16NO2. The third kappa shape index (κ3) is 3.84. The lowest BCUT2D eigenvalue weighted by Gasteiger charge is -2.41. The number of carbonyl (C=O) groups is 1. The number of alkyl halides is 16. The minimum absolute atomic E-state index is 0.523. The molecule has 0 aromatic rings. The van der Waals surface area contributed by atoms with Crippen LogP contribution in [0.5, 0.6) is 0 Å². The molecule has 0 N–H and O–H groups in total. The molecule has 0 saturated heterocycles. The van der Waals surface area contributed by atoms with E-state index >= 15 is 0 Å². The van der Waals surface area contributed by atoms with Gasteiger partial charge in [-0.25, -0.2) is 13.6 Å². The Bertz CT molecular complexity index is 765. The molecule has 180 valence electrons. The predicted molar refractivity (Wildman–Crippen MR) is 61.5 cm³/mol. The van der Waals surface area contributed by atoms with Crippen LogP contribution in [0.2, 0.25) is 0 Å². The SMILES string of the molecule is C=C(C#N)C(=O)OC(F)(F)C(F)(F)C(F)(F)C(F)(F)C(F)(F)C(F)(F)C(F)(F)C(F)F. The average Bonchev–Trinajstić information content (AvgIpc) is 2.59. The van der Waals surface area contributed by atoms with Gasteiger partial charge >= 0.3 is 54.0 Å². The summed E-state index contributed by atoms with van der Waals surface area (Å²) in [4.78, 5) is 10.7. The van der Waals surface area contributed by atoms with Crippen LogP contribution >= 0.6 is 0 Å². The molecule has 0 spiro atoms. The van der Waals surface area contributed by atoms with Crippen molar-refractivity contribution in [3.63, 3.8) is 0 Å². The molecule has 19 heteroatoms. The number of ether oxygens (including phenoxy) is 1. The third-order valence-corrected chi connectivity index (χ3v) is 3.24. The minimum atomic E-state index is -8.60. The monoisotopic (exact) mass is 497 g/mol. The molecule has 0 fully saturated rings. The van der Waals surface area contributed by atoms with Crippen molar-refractivity contribution >= 4 is 5.97 Å². The first kappa shape index (κ1) is 28.6. The number of esters is 1. The van der Waals surface area contributed by atoms with Crippen molar-refractivity contribution < 1.29 is 79.8 Å². The number of nitrogens with zero attached hydrogens (tertiary/aromatic N) is 1.